The number of aliphatic hydroxyl groups is 1. The highest BCUT2D eigenvalue weighted by atomic mass is 32.2. The van der Waals surface area contributed by atoms with E-state index in [1.165, 1.54) is 24.0 Å². The Balaban J connectivity index is 1.49. The van der Waals surface area contributed by atoms with Crippen molar-refractivity contribution in [2.24, 2.45) is 0 Å². The smallest absolute Gasteiger partial charge is 0.0973 e. The van der Waals surface area contributed by atoms with Gasteiger partial charge in [-0.15, -0.1) is 0 Å². The zero-order chi connectivity index (χ0) is 19.8. The van der Waals surface area contributed by atoms with Gasteiger partial charge in [-0.1, -0.05) is 24.3 Å². The summed E-state index contributed by atoms with van der Waals surface area (Å²) < 4.78 is -0.217. The molecule has 2 fully saturated rings. The lowest BCUT2D eigenvalue weighted by atomic mass is 9.93. The molecule has 148 valence electrons. The predicted octanol–water partition coefficient (Wildman–Crippen LogP) is 4.26. The zero-order valence-electron chi connectivity index (χ0n) is 16.7. The molecule has 1 aromatic carbocycles. The number of aromatic nitrogens is 1. The highest BCUT2D eigenvalue weighted by Crippen LogP contribution is 2.49. The van der Waals surface area contributed by atoms with Crippen molar-refractivity contribution in [1.29, 1.82) is 5.41 Å². The first-order valence-corrected chi connectivity index (χ1v) is 11.0. The third-order valence-electron chi connectivity index (χ3n) is 6.12. The number of hydrogen-bond acceptors (Lipinski definition) is 4. The average Bonchev–Trinajstić information content (AvgIpc) is 3.49. The first kappa shape index (κ1) is 19.5. The SMILES string of the molecule is Cc1ccnc(-c2ccc(C3(CN4CCSC(C)(CO)CC4=N)CC3)cc2)c1. The van der Waals surface area contributed by atoms with Gasteiger partial charge in [-0.25, -0.2) is 0 Å². The van der Waals surface area contributed by atoms with Crippen LogP contribution in [0.5, 0.6) is 0 Å². The minimum Gasteiger partial charge on any atom is -0.395 e. The van der Waals surface area contributed by atoms with Gasteiger partial charge >= 0.3 is 0 Å². The summed E-state index contributed by atoms with van der Waals surface area (Å²) in [6, 6.07) is 13.0. The third-order valence-corrected chi connectivity index (χ3v) is 7.48. The molecule has 2 heterocycles. The largest absolute Gasteiger partial charge is 0.395 e. The Kier molecular flexibility index (Phi) is 5.23. The molecule has 1 aliphatic heterocycles. The number of thioether (sulfide) groups is 1. The maximum atomic E-state index is 9.70. The number of nitrogens with zero attached hydrogens (tertiary/aromatic N) is 2. The van der Waals surface area contributed by atoms with E-state index in [0.29, 0.717) is 12.3 Å². The summed E-state index contributed by atoms with van der Waals surface area (Å²) in [5, 5.41) is 18.3. The molecule has 1 aliphatic carbocycles. The predicted molar refractivity (Wildman–Crippen MR) is 117 cm³/mol. The van der Waals surface area contributed by atoms with Crippen LogP contribution in [0.25, 0.3) is 11.3 Å². The van der Waals surface area contributed by atoms with Crippen LogP contribution in [0, 0.1) is 12.3 Å². The van der Waals surface area contributed by atoms with Crippen LogP contribution in [0.3, 0.4) is 0 Å². The highest BCUT2D eigenvalue weighted by molar-refractivity contribution is 8.00. The van der Waals surface area contributed by atoms with Gasteiger partial charge in [-0.3, -0.25) is 10.4 Å². The Morgan fingerprint density at radius 1 is 1.21 bits per heavy atom. The van der Waals surface area contributed by atoms with Gasteiger partial charge in [0.2, 0.25) is 0 Å². The van der Waals surface area contributed by atoms with Gasteiger partial charge in [0.15, 0.2) is 0 Å². The highest BCUT2D eigenvalue weighted by Gasteiger charge is 2.46. The van der Waals surface area contributed by atoms with E-state index in [-0.39, 0.29) is 16.8 Å². The van der Waals surface area contributed by atoms with Crippen molar-refractivity contribution in [2.45, 2.75) is 43.3 Å². The van der Waals surface area contributed by atoms with E-state index in [0.717, 1.165) is 30.1 Å². The molecular weight excluding hydrogens is 366 g/mol. The van der Waals surface area contributed by atoms with Gasteiger partial charge < -0.3 is 10.0 Å². The summed E-state index contributed by atoms with van der Waals surface area (Å²) in [4.78, 5) is 6.74. The second-order valence-corrected chi connectivity index (χ2v) is 10.3. The number of pyridine rings is 1. The van der Waals surface area contributed by atoms with E-state index < -0.39 is 0 Å². The number of aliphatic hydroxyl groups excluding tert-OH is 1. The van der Waals surface area contributed by atoms with E-state index in [1.54, 1.807) is 11.8 Å². The second kappa shape index (κ2) is 7.53. The molecule has 1 saturated heterocycles. The molecule has 1 aromatic heterocycles. The topological polar surface area (TPSA) is 60.2 Å². The molecule has 1 atom stereocenters. The number of aryl methyl sites for hydroxylation is 1. The molecule has 1 saturated carbocycles. The minimum atomic E-state index is -0.217. The number of rotatable bonds is 5. The van der Waals surface area contributed by atoms with Crippen molar-refractivity contribution in [3.63, 3.8) is 0 Å². The van der Waals surface area contributed by atoms with E-state index in [1.807, 2.05) is 12.3 Å². The Hall–Kier alpha value is -1.85. The van der Waals surface area contributed by atoms with Crippen LogP contribution in [0.1, 0.15) is 37.3 Å². The Bertz CT molecular complexity index is 862. The van der Waals surface area contributed by atoms with Crippen LogP contribution < -0.4 is 0 Å². The summed E-state index contributed by atoms with van der Waals surface area (Å²) in [6.07, 6.45) is 4.87. The van der Waals surface area contributed by atoms with Gasteiger partial charge in [0.25, 0.3) is 0 Å². The van der Waals surface area contributed by atoms with E-state index in [4.69, 9.17) is 5.41 Å². The summed E-state index contributed by atoms with van der Waals surface area (Å²) in [5.74, 6) is 1.64. The van der Waals surface area contributed by atoms with Gasteiger partial charge in [0.1, 0.15) is 0 Å². The maximum absolute atomic E-state index is 9.70. The van der Waals surface area contributed by atoms with Crippen LogP contribution in [0.2, 0.25) is 0 Å². The van der Waals surface area contributed by atoms with Gasteiger partial charge in [0, 0.05) is 47.2 Å². The fourth-order valence-electron chi connectivity index (χ4n) is 4.07. The molecule has 2 aromatic rings. The van der Waals surface area contributed by atoms with Crippen molar-refractivity contribution in [2.75, 3.05) is 25.4 Å². The Labute approximate surface area is 171 Å². The lowest BCUT2D eigenvalue weighted by molar-refractivity contribution is 0.257. The normalized spacial score (nSPS) is 24.1. The van der Waals surface area contributed by atoms with Crippen molar-refractivity contribution < 1.29 is 5.11 Å². The zero-order valence-corrected chi connectivity index (χ0v) is 17.6. The monoisotopic (exact) mass is 395 g/mol. The number of nitrogens with one attached hydrogen (secondary N) is 1. The van der Waals surface area contributed by atoms with Gasteiger partial charge in [0.05, 0.1) is 18.1 Å². The van der Waals surface area contributed by atoms with Crippen molar-refractivity contribution in [1.82, 2.24) is 9.88 Å². The molecule has 0 spiro atoms. The minimum absolute atomic E-state index is 0.132. The Morgan fingerprint density at radius 2 is 1.96 bits per heavy atom. The van der Waals surface area contributed by atoms with Crippen LogP contribution in [-0.2, 0) is 5.41 Å². The second-order valence-electron chi connectivity index (χ2n) is 8.58. The Morgan fingerprint density at radius 3 is 2.61 bits per heavy atom. The summed E-state index contributed by atoms with van der Waals surface area (Å²) in [6.45, 7) is 6.10. The lowest BCUT2D eigenvalue weighted by Crippen LogP contribution is -2.39. The first-order chi connectivity index (χ1) is 13.4. The lowest BCUT2D eigenvalue weighted by Gasteiger charge is -2.30. The van der Waals surface area contributed by atoms with Gasteiger partial charge in [-0.05, 0) is 49.9 Å². The molecule has 5 heteroatoms. The quantitative estimate of drug-likeness (QED) is 0.794. The standard InChI is InChI=1S/C23H29N3OS/c1-17-7-10-25-20(13-17)18-3-5-19(6-4-18)23(8-9-23)15-26-11-12-28-22(2,16-27)14-21(26)24/h3-7,10,13,24,27H,8-9,11-12,14-16H2,1-2H3. The first-order valence-electron chi connectivity index (χ1n) is 10.0. The van der Waals surface area contributed by atoms with Crippen LogP contribution in [-0.4, -0.2) is 51.0 Å². The maximum Gasteiger partial charge on any atom is 0.0973 e. The third kappa shape index (κ3) is 3.96. The van der Waals surface area contributed by atoms with Crippen LogP contribution in [0.15, 0.2) is 42.6 Å². The molecule has 2 aliphatic rings. The van der Waals surface area contributed by atoms with Crippen LogP contribution in [0.4, 0.5) is 0 Å². The molecule has 0 radical (unpaired) electrons. The molecule has 4 nitrogen and oxygen atoms in total. The molecular formula is C23H29N3OS. The van der Waals surface area contributed by atoms with E-state index in [2.05, 4.69) is 54.1 Å². The molecule has 28 heavy (non-hydrogen) atoms. The fraction of sp³-hybridized carbons (Fsp3) is 0.478. The van der Waals surface area contributed by atoms with Crippen molar-refractivity contribution in [3.05, 3.63) is 53.7 Å². The molecule has 1 unspecified atom stereocenters. The fourth-order valence-corrected chi connectivity index (χ4v) is 5.21. The average molecular weight is 396 g/mol. The number of hydrogen-bond donors (Lipinski definition) is 2. The number of amidine groups is 1. The number of benzene rings is 1. The van der Waals surface area contributed by atoms with Crippen molar-refractivity contribution in [3.8, 4) is 11.3 Å². The molecule has 2 N–H and O–H groups in total. The molecule has 0 amide bonds. The van der Waals surface area contributed by atoms with E-state index in [9.17, 15) is 5.11 Å². The summed E-state index contributed by atoms with van der Waals surface area (Å²) >= 11 is 1.80. The molecule has 4 rings (SSSR count). The van der Waals surface area contributed by atoms with E-state index >= 15 is 0 Å². The van der Waals surface area contributed by atoms with Gasteiger partial charge in [-0.2, -0.15) is 11.8 Å². The molecule has 0 bridgehead atoms. The summed E-state index contributed by atoms with van der Waals surface area (Å²) in [5.41, 5.74) is 4.95. The van der Waals surface area contributed by atoms with Crippen LogP contribution >= 0.6 is 11.8 Å². The summed E-state index contributed by atoms with van der Waals surface area (Å²) in [7, 11) is 0. The van der Waals surface area contributed by atoms with Crippen molar-refractivity contribution >= 4 is 17.6 Å².